The summed E-state index contributed by atoms with van der Waals surface area (Å²) in [6.45, 7) is 13.4. The highest BCUT2D eigenvalue weighted by Gasteiger charge is 2.53. The van der Waals surface area contributed by atoms with Gasteiger partial charge >= 0.3 is 5.97 Å². The van der Waals surface area contributed by atoms with E-state index in [9.17, 15) is 4.79 Å². The molecule has 20 heavy (non-hydrogen) atoms. The fourth-order valence-electron chi connectivity index (χ4n) is 3.80. The molecule has 1 saturated heterocycles. The molecule has 3 heteroatoms. The van der Waals surface area contributed by atoms with E-state index in [1.54, 1.807) is 0 Å². The maximum atomic E-state index is 11.2. The molecule has 0 aromatic carbocycles. The lowest BCUT2D eigenvalue weighted by Crippen LogP contribution is -2.53. The van der Waals surface area contributed by atoms with E-state index in [-0.39, 0.29) is 11.4 Å². The Bertz CT molecular complexity index is 471. The highest BCUT2D eigenvalue weighted by atomic mass is 16.5. The number of carbonyl (C=O) groups is 1. The Morgan fingerprint density at radius 3 is 2.60 bits per heavy atom. The van der Waals surface area contributed by atoms with Gasteiger partial charge in [0, 0.05) is 18.3 Å². The van der Waals surface area contributed by atoms with E-state index in [0.717, 1.165) is 5.76 Å². The summed E-state index contributed by atoms with van der Waals surface area (Å²) in [7, 11) is 0. The largest absolute Gasteiger partial charge is 0.497 e. The van der Waals surface area contributed by atoms with Crippen molar-refractivity contribution in [3.8, 4) is 0 Å². The van der Waals surface area contributed by atoms with Gasteiger partial charge in [0.05, 0.1) is 6.61 Å². The molecule has 0 aromatic rings. The monoisotopic (exact) mass is 278 g/mol. The van der Waals surface area contributed by atoms with Crippen LogP contribution in [0, 0.1) is 23.2 Å². The van der Waals surface area contributed by atoms with Crippen molar-refractivity contribution in [1.82, 2.24) is 0 Å². The lowest BCUT2D eigenvalue weighted by molar-refractivity contribution is -0.155. The summed E-state index contributed by atoms with van der Waals surface area (Å²) in [5, 5.41) is 0. The van der Waals surface area contributed by atoms with E-state index < -0.39 is 0 Å². The van der Waals surface area contributed by atoms with Crippen molar-refractivity contribution in [3.63, 3.8) is 0 Å². The minimum Gasteiger partial charge on any atom is -0.497 e. The average molecular weight is 278 g/mol. The zero-order chi connectivity index (χ0) is 15.1. The topological polar surface area (TPSA) is 35.5 Å². The fraction of sp³-hybridized carbons (Fsp3) is 0.706. The van der Waals surface area contributed by atoms with E-state index in [1.165, 1.54) is 18.1 Å². The van der Waals surface area contributed by atoms with Crippen LogP contribution in [0.4, 0.5) is 0 Å². The lowest BCUT2D eigenvalue weighted by atomic mass is 9.57. The summed E-state index contributed by atoms with van der Waals surface area (Å²) in [6, 6.07) is 0. The van der Waals surface area contributed by atoms with Crippen LogP contribution in [0.15, 0.2) is 23.0 Å². The number of esters is 1. The maximum absolute atomic E-state index is 11.2. The van der Waals surface area contributed by atoms with Crippen molar-refractivity contribution >= 4 is 5.97 Å². The third-order valence-electron chi connectivity index (χ3n) is 5.13. The minimum absolute atomic E-state index is 0.102. The molecule has 0 unspecified atom stereocenters. The quantitative estimate of drug-likeness (QED) is 0.570. The van der Waals surface area contributed by atoms with Gasteiger partial charge in [-0.1, -0.05) is 25.5 Å². The van der Waals surface area contributed by atoms with Gasteiger partial charge < -0.3 is 9.47 Å². The molecule has 4 atom stereocenters. The zero-order valence-corrected chi connectivity index (χ0v) is 13.4. The standard InChI is InChI=1S/C17H26O3/c1-10(2)16-15-11(3)7-12(4)17(9-20-16,13(15)5)8-19-14(6)18/h7,12-13,15H,8-9H2,1-6H3/t12-,13+,15+,17-/m0/s1. The number of hydrogen-bond donors (Lipinski definition) is 0. The zero-order valence-electron chi connectivity index (χ0n) is 13.4. The number of fused-ring (bicyclic) bond motifs is 2. The minimum atomic E-state index is -0.213. The van der Waals surface area contributed by atoms with Crippen LogP contribution in [0.25, 0.3) is 0 Å². The predicted molar refractivity (Wildman–Crippen MR) is 79.0 cm³/mol. The van der Waals surface area contributed by atoms with Gasteiger partial charge in [0.25, 0.3) is 0 Å². The van der Waals surface area contributed by atoms with E-state index in [2.05, 4.69) is 40.7 Å². The molecule has 0 radical (unpaired) electrons. The van der Waals surface area contributed by atoms with Gasteiger partial charge in [0.1, 0.15) is 12.4 Å². The summed E-state index contributed by atoms with van der Waals surface area (Å²) in [6.07, 6.45) is 2.33. The van der Waals surface area contributed by atoms with Gasteiger partial charge in [-0.25, -0.2) is 0 Å². The van der Waals surface area contributed by atoms with Gasteiger partial charge in [-0.3, -0.25) is 4.79 Å². The summed E-state index contributed by atoms with van der Waals surface area (Å²) in [4.78, 5) is 11.2. The van der Waals surface area contributed by atoms with Gasteiger partial charge in [-0.05, 0) is 38.2 Å². The highest BCUT2D eigenvalue weighted by Crippen LogP contribution is 2.54. The number of ether oxygens (including phenoxy) is 2. The number of carbonyl (C=O) groups excluding carboxylic acids is 1. The van der Waals surface area contributed by atoms with Crippen LogP contribution in [0.1, 0.15) is 41.5 Å². The number of allylic oxidation sites excluding steroid dienone is 3. The van der Waals surface area contributed by atoms with E-state index in [4.69, 9.17) is 9.47 Å². The van der Waals surface area contributed by atoms with Crippen molar-refractivity contribution in [2.45, 2.75) is 41.5 Å². The van der Waals surface area contributed by atoms with Crippen molar-refractivity contribution < 1.29 is 14.3 Å². The Morgan fingerprint density at radius 1 is 1.40 bits per heavy atom. The first-order valence-electron chi connectivity index (χ1n) is 7.41. The molecule has 0 amide bonds. The molecule has 2 rings (SSSR count). The molecule has 0 spiro atoms. The van der Waals surface area contributed by atoms with Crippen LogP contribution in [-0.2, 0) is 14.3 Å². The van der Waals surface area contributed by atoms with Crippen molar-refractivity contribution in [3.05, 3.63) is 23.0 Å². The first-order valence-corrected chi connectivity index (χ1v) is 7.41. The van der Waals surface area contributed by atoms with E-state index >= 15 is 0 Å². The molecule has 3 nitrogen and oxygen atoms in total. The molecule has 1 fully saturated rings. The Hall–Kier alpha value is -1.25. The summed E-state index contributed by atoms with van der Waals surface area (Å²) in [5.41, 5.74) is 2.51. The van der Waals surface area contributed by atoms with Gasteiger partial charge in [-0.15, -0.1) is 0 Å². The first-order chi connectivity index (χ1) is 9.29. The molecule has 1 heterocycles. The second kappa shape index (κ2) is 5.27. The molecule has 112 valence electrons. The Balaban J connectivity index is 2.41. The average Bonchev–Trinajstić information content (AvgIpc) is 2.34. The first kappa shape index (κ1) is 15.1. The molecule has 0 N–H and O–H groups in total. The molecule has 2 bridgehead atoms. The third kappa shape index (κ3) is 2.27. The number of rotatable bonds is 2. The van der Waals surface area contributed by atoms with Gasteiger partial charge in [0.15, 0.2) is 0 Å². The summed E-state index contributed by atoms with van der Waals surface area (Å²) < 4.78 is 11.5. The second-order valence-electron chi connectivity index (χ2n) is 6.63. The van der Waals surface area contributed by atoms with Crippen LogP contribution >= 0.6 is 0 Å². The molecular formula is C17H26O3. The third-order valence-corrected chi connectivity index (χ3v) is 5.13. The molecule has 1 aliphatic carbocycles. The van der Waals surface area contributed by atoms with Crippen LogP contribution in [0.2, 0.25) is 0 Å². The van der Waals surface area contributed by atoms with Crippen molar-refractivity contribution in [2.24, 2.45) is 23.2 Å². The number of hydrogen-bond acceptors (Lipinski definition) is 3. The Morgan fingerprint density at radius 2 is 2.05 bits per heavy atom. The summed E-state index contributed by atoms with van der Waals surface area (Å²) in [5.74, 6) is 1.99. The molecule has 0 aromatic heterocycles. The summed E-state index contributed by atoms with van der Waals surface area (Å²) >= 11 is 0. The smallest absolute Gasteiger partial charge is 0.302 e. The van der Waals surface area contributed by atoms with E-state index in [1.807, 2.05) is 0 Å². The van der Waals surface area contributed by atoms with Gasteiger partial charge in [-0.2, -0.15) is 0 Å². The van der Waals surface area contributed by atoms with Crippen molar-refractivity contribution in [1.29, 1.82) is 0 Å². The van der Waals surface area contributed by atoms with Crippen molar-refractivity contribution in [2.75, 3.05) is 13.2 Å². The van der Waals surface area contributed by atoms with Crippen LogP contribution in [0.3, 0.4) is 0 Å². The maximum Gasteiger partial charge on any atom is 0.302 e. The van der Waals surface area contributed by atoms with Crippen LogP contribution in [-0.4, -0.2) is 19.2 Å². The Kier molecular flexibility index (Phi) is 3.99. The molecule has 1 aliphatic heterocycles. The molecular weight excluding hydrogens is 252 g/mol. The normalized spacial score (nSPS) is 36.0. The fourth-order valence-corrected chi connectivity index (χ4v) is 3.80. The second-order valence-corrected chi connectivity index (χ2v) is 6.63. The van der Waals surface area contributed by atoms with Crippen LogP contribution < -0.4 is 0 Å². The van der Waals surface area contributed by atoms with Crippen LogP contribution in [0.5, 0.6) is 0 Å². The van der Waals surface area contributed by atoms with E-state index in [0.29, 0.717) is 31.0 Å². The SMILES string of the molecule is CC(=O)OC[C@]12COC(=C(C)C)[C@H](C(C)=C[C@@H]1C)[C@H]2C. The van der Waals surface area contributed by atoms with Gasteiger partial charge in [0.2, 0.25) is 0 Å². The highest BCUT2D eigenvalue weighted by molar-refractivity contribution is 5.66. The predicted octanol–water partition coefficient (Wildman–Crippen LogP) is 3.71. The molecule has 2 aliphatic rings. The molecule has 0 saturated carbocycles. The lowest BCUT2D eigenvalue weighted by Gasteiger charge is -2.53. The Labute approximate surface area is 122 Å².